The molecular weight excluding hydrogens is 230 g/mol. The highest BCUT2D eigenvalue weighted by Crippen LogP contribution is 2.19. The molecule has 1 atom stereocenters. The van der Waals surface area contributed by atoms with Crippen molar-refractivity contribution in [1.29, 1.82) is 0 Å². The Labute approximate surface area is 98.3 Å². The summed E-state index contributed by atoms with van der Waals surface area (Å²) in [5.41, 5.74) is 7.44. The maximum Gasteiger partial charge on any atom is 0.0500 e. The zero-order valence-corrected chi connectivity index (χ0v) is 10.4. The minimum Gasteiger partial charge on any atom is -0.330 e. The summed E-state index contributed by atoms with van der Waals surface area (Å²) in [6.45, 7) is 2.58. The molecular formula is C11H16ClNOS. The van der Waals surface area contributed by atoms with Gasteiger partial charge in [0.2, 0.25) is 0 Å². The molecule has 0 saturated carbocycles. The van der Waals surface area contributed by atoms with Gasteiger partial charge in [0.15, 0.2) is 0 Å². The number of nitrogens with two attached hydrogens (primary N) is 1. The molecule has 0 aromatic heterocycles. The van der Waals surface area contributed by atoms with Crippen molar-refractivity contribution >= 4 is 22.4 Å². The van der Waals surface area contributed by atoms with E-state index in [2.05, 4.69) is 0 Å². The van der Waals surface area contributed by atoms with Crippen LogP contribution in [0.15, 0.2) is 18.2 Å². The zero-order valence-electron chi connectivity index (χ0n) is 8.83. The van der Waals surface area contributed by atoms with E-state index >= 15 is 0 Å². The molecule has 0 heterocycles. The summed E-state index contributed by atoms with van der Waals surface area (Å²) in [6.07, 6.45) is 0.802. The SMILES string of the molecule is Cc1ccc(CS(=O)CCCN)c(Cl)c1. The molecule has 0 fully saturated rings. The molecule has 1 unspecified atom stereocenters. The summed E-state index contributed by atoms with van der Waals surface area (Å²) >= 11 is 6.05. The lowest BCUT2D eigenvalue weighted by atomic mass is 10.2. The normalized spacial score (nSPS) is 12.7. The van der Waals surface area contributed by atoms with Gasteiger partial charge < -0.3 is 5.73 Å². The number of aryl methyl sites for hydroxylation is 1. The highest BCUT2D eigenvalue weighted by Gasteiger charge is 2.05. The van der Waals surface area contributed by atoms with Crippen LogP contribution in [0, 0.1) is 6.92 Å². The van der Waals surface area contributed by atoms with Gasteiger partial charge in [-0.3, -0.25) is 4.21 Å². The molecule has 15 heavy (non-hydrogen) atoms. The van der Waals surface area contributed by atoms with E-state index in [1.54, 1.807) is 0 Å². The Bertz CT molecular complexity index is 354. The number of rotatable bonds is 5. The van der Waals surface area contributed by atoms with Crippen molar-refractivity contribution < 1.29 is 4.21 Å². The van der Waals surface area contributed by atoms with Crippen LogP contribution in [0.5, 0.6) is 0 Å². The maximum absolute atomic E-state index is 11.6. The maximum atomic E-state index is 11.6. The Morgan fingerprint density at radius 1 is 1.47 bits per heavy atom. The van der Waals surface area contributed by atoms with E-state index in [0.717, 1.165) is 17.5 Å². The van der Waals surface area contributed by atoms with E-state index in [0.29, 0.717) is 23.1 Å². The second kappa shape index (κ2) is 6.26. The molecule has 1 aromatic rings. The van der Waals surface area contributed by atoms with Crippen LogP contribution in [0.3, 0.4) is 0 Å². The van der Waals surface area contributed by atoms with Crippen molar-refractivity contribution in [3.05, 3.63) is 34.3 Å². The third-order valence-electron chi connectivity index (χ3n) is 2.10. The first-order valence-corrected chi connectivity index (χ1v) is 6.80. The van der Waals surface area contributed by atoms with Gasteiger partial charge in [0.1, 0.15) is 0 Å². The minimum atomic E-state index is -0.852. The molecule has 0 aliphatic heterocycles. The van der Waals surface area contributed by atoms with E-state index in [4.69, 9.17) is 17.3 Å². The molecule has 1 rings (SSSR count). The average Bonchev–Trinajstić information content (AvgIpc) is 2.19. The topological polar surface area (TPSA) is 43.1 Å². The first-order valence-electron chi connectivity index (χ1n) is 4.93. The van der Waals surface area contributed by atoms with Gasteiger partial charge >= 0.3 is 0 Å². The van der Waals surface area contributed by atoms with Crippen LogP contribution in [0.25, 0.3) is 0 Å². The molecule has 0 bridgehead atoms. The predicted molar refractivity (Wildman–Crippen MR) is 66.6 cm³/mol. The molecule has 1 aromatic carbocycles. The summed E-state index contributed by atoms with van der Waals surface area (Å²) in [4.78, 5) is 0. The molecule has 2 N–H and O–H groups in total. The summed E-state index contributed by atoms with van der Waals surface area (Å²) in [5.74, 6) is 1.18. The van der Waals surface area contributed by atoms with Crippen LogP contribution >= 0.6 is 11.6 Å². The van der Waals surface area contributed by atoms with Gasteiger partial charge in [-0.15, -0.1) is 0 Å². The zero-order chi connectivity index (χ0) is 11.3. The van der Waals surface area contributed by atoms with Gasteiger partial charge in [0.05, 0.1) is 0 Å². The largest absolute Gasteiger partial charge is 0.330 e. The second-order valence-corrected chi connectivity index (χ2v) is 5.51. The smallest absolute Gasteiger partial charge is 0.0500 e. The monoisotopic (exact) mass is 245 g/mol. The molecule has 0 aliphatic carbocycles. The highest BCUT2D eigenvalue weighted by molar-refractivity contribution is 7.84. The summed E-state index contributed by atoms with van der Waals surface area (Å²) < 4.78 is 11.6. The molecule has 0 saturated heterocycles. The molecule has 0 aliphatic rings. The quantitative estimate of drug-likeness (QED) is 0.865. The van der Waals surface area contributed by atoms with E-state index in [1.165, 1.54) is 0 Å². The number of hydrogen-bond donors (Lipinski definition) is 1. The van der Waals surface area contributed by atoms with Crippen LogP contribution < -0.4 is 5.73 Å². The molecule has 4 heteroatoms. The summed E-state index contributed by atoms with van der Waals surface area (Å²) in [7, 11) is -0.852. The van der Waals surface area contributed by atoms with Crippen molar-refractivity contribution in [1.82, 2.24) is 0 Å². The van der Waals surface area contributed by atoms with Crippen LogP contribution in [-0.2, 0) is 16.6 Å². The molecule has 84 valence electrons. The summed E-state index contributed by atoms with van der Waals surface area (Å²) in [6, 6.07) is 5.83. The lowest BCUT2D eigenvalue weighted by Gasteiger charge is -2.05. The third-order valence-corrected chi connectivity index (χ3v) is 3.83. The van der Waals surface area contributed by atoms with E-state index in [-0.39, 0.29) is 0 Å². The summed E-state index contributed by atoms with van der Waals surface area (Å²) in [5, 5.41) is 0.705. The van der Waals surface area contributed by atoms with Crippen LogP contribution in [-0.4, -0.2) is 16.5 Å². The minimum absolute atomic E-state index is 0.527. The Kier molecular flexibility index (Phi) is 5.29. The van der Waals surface area contributed by atoms with Crippen molar-refractivity contribution in [2.24, 2.45) is 5.73 Å². The lowest BCUT2D eigenvalue weighted by molar-refractivity contribution is 0.680. The predicted octanol–water partition coefficient (Wildman–Crippen LogP) is 2.25. The first-order chi connectivity index (χ1) is 7.13. The van der Waals surface area contributed by atoms with Crippen molar-refractivity contribution in [3.63, 3.8) is 0 Å². The van der Waals surface area contributed by atoms with Gasteiger partial charge in [-0.25, -0.2) is 0 Å². The van der Waals surface area contributed by atoms with Crippen LogP contribution in [0.4, 0.5) is 0 Å². The van der Waals surface area contributed by atoms with Gasteiger partial charge in [0, 0.05) is 27.3 Å². The van der Waals surface area contributed by atoms with Crippen LogP contribution in [0.2, 0.25) is 5.02 Å². The van der Waals surface area contributed by atoms with Crippen molar-refractivity contribution in [2.45, 2.75) is 19.1 Å². The van der Waals surface area contributed by atoms with E-state index in [1.807, 2.05) is 25.1 Å². The lowest BCUT2D eigenvalue weighted by Crippen LogP contribution is -2.07. The first kappa shape index (κ1) is 12.7. The fourth-order valence-corrected chi connectivity index (χ4v) is 2.87. The second-order valence-electron chi connectivity index (χ2n) is 3.53. The molecule has 0 amide bonds. The van der Waals surface area contributed by atoms with Gasteiger partial charge in [-0.1, -0.05) is 23.7 Å². The van der Waals surface area contributed by atoms with Crippen LogP contribution in [0.1, 0.15) is 17.5 Å². The van der Waals surface area contributed by atoms with Gasteiger partial charge in [-0.2, -0.15) is 0 Å². The van der Waals surface area contributed by atoms with Gasteiger partial charge in [-0.05, 0) is 37.1 Å². The molecule has 0 spiro atoms. The van der Waals surface area contributed by atoms with Crippen molar-refractivity contribution in [3.8, 4) is 0 Å². The van der Waals surface area contributed by atoms with E-state index < -0.39 is 10.8 Å². The molecule has 2 nitrogen and oxygen atoms in total. The molecule has 0 radical (unpaired) electrons. The Morgan fingerprint density at radius 3 is 2.80 bits per heavy atom. The highest BCUT2D eigenvalue weighted by atomic mass is 35.5. The average molecular weight is 246 g/mol. The number of benzene rings is 1. The van der Waals surface area contributed by atoms with Gasteiger partial charge in [0.25, 0.3) is 0 Å². The number of halogens is 1. The fraction of sp³-hybridized carbons (Fsp3) is 0.455. The van der Waals surface area contributed by atoms with E-state index in [9.17, 15) is 4.21 Å². The Balaban J connectivity index is 2.60. The third kappa shape index (κ3) is 4.33. The Morgan fingerprint density at radius 2 is 2.20 bits per heavy atom. The Hall–Kier alpha value is -0.380. The number of hydrogen-bond acceptors (Lipinski definition) is 2. The standard InChI is InChI=1S/C11H16ClNOS/c1-9-3-4-10(11(12)7-9)8-15(14)6-2-5-13/h3-4,7H,2,5-6,8,13H2,1H3. The fourth-order valence-electron chi connectivity index (χ4n) is 1.26. The van der Waals surface area contributed by atoms with Crippen molar-refractivity contribution in [2.75, 3.05) is 12.3 Å².